The molecule has 1 aliphatic rings. The number of hydrogen-bond donors (Lipinski definition) is 0. The van der Waals surface area contributed by atoms with Crippen molar-refractivity contribution in [1.29, 1.82) is 0 Å². The fourth-order valence-electron chi connectivity index (χ4n) is 2.86. The van der Waals surface area contributed by atoms with E-state index in [2.05, 4.69) is 0 Å². The highest BCUT2D eigenvalue weighted by Crippen LogP contribution is 2.25. The van der Waals surface area contributed by atoms with Gasteiger partial charge in [-0.05, 0) is 54.6 Å². The molecule has 1 heterocycles. The zero-order valence-corrected chi connectivity index (χ0v) is 16.0. The van der Waals surface area contributed by atoms with E-state index in [-0.39, 0.29) is 23.9 Å². The van der Waals surface area contributed by atoms with Gasteiger partial charge in [-0.15, -0.1) is 11.8 Å². The Morgan fingerprint density at radius 1 is 1.12 bits per heavy atom. The normalized spacial score (nSPS) is 14.9. The lowest BCUT2D eigenvalue weighted by molar-refractivity contribution is -0.134. The largest absolute Gasteiger partial charge is 0.340 e. The Morgan fingerprint density at radius 3 is 2.31 bits per heavy atom. The number of carbonyl (C=O) groups excluding carboxylic acids is 1. The molecule has 0 atom stereocenters. The van der Waals surface area contributed by atoms with Crippen molar-refractivity contribution in [1.82, 2.24) is 4.90 Å². The molecule has 0 aliphatic carbocycles. The molecule has 2 aromatic rings. The predicted molar refractivity (Wildman–Crippen MR) is 100 cm³/mol. The van der Waals surface area contributed by atoms with Gasteiger partial charge in [0.2, 0.25) is 5.91 Å². The Labute approximate surface area is 157 Å². The molecule has 26 heavy (non-hydrogen) atoms. The Kier molecular flexibility index (Phi) is 5.67. The number of rotatable bonds is 6. The minimum Gasteiger partial charge on any atom is -0.340 e. The van der Waals surface area contributed by atoms with Crippen LogP contribution in [0.4, 0.5) is 4.39 Å². The van der Waals surface area contributed by atoms with Gasteiger partial charge in [-0.2, -0.15) is 0 Å². The Balaban J connectivity index is 1.52. The number of hydrogen-bond acceptors (Lipinski definition) is 4. The van der Waals surface area contributed by atoms with Gasteiger partial charge in [-0.25, -0.2) is 12.8 Å². The van der Waals surface area contributed by atoms with Crippen molar-refractivity contribution in [2.45, 2.75) is 27.9 Å². The predicted octanol–water partition coefficient (Wildman–Crippen LogP) is 3.16. The lowest BCUT2D eigenvalue weighted by Crippen LogP contribution is -2.56. The van der Waals surface area contributed by atoms with Gasteiger partial charge in [-0.3, -0.25) is 4.79 Å². The first kappa shape index (κ1) is 18.9. The quantitative estimate of drug-likeness (QED) is 0.559. The molecule has 0 N–H and O–H groups in total. The van der Waals surface area contributed by atoms with E-state index in [4.69, 9.17) is 0 Å². The topological polar surface area (TPSA) is 54.5 Å². The molecule has 0 aromatic heterocycles. The lowest BCUT2D eigenvalue weighted by Gasteiger charge is -2.38. The Morgan fingerprint density at radius 2 is 1.73 bits per heavy atom. The van der Waals surface area contributed by atoms with Crippen molar-refractivity contribution >= 4 is 27.5 Å². The molecule has 1 fully saturated rings. The van der Waals surface area contributed by atoms with Crippen LogP contribution < -0.4 is 0 Å². The van der Waals surface area contributed by atoms with Gasteiger partial charge in [0.1, 0.15) is 11.1 Å². The van der Waals surface area contributed by atoms with Gasteiger partial charge in [0.15, 0.2) is 9.84 Å². The molecule has 1 saturated heterocycles. The maximum absolute atomic E-state index is 13.0. The number of nitrogens with zero attached hydrogens (tertiary/aromatic N) is 1. The molecule has 3 rings (SSSR count). The smallest absolute Gasteiger partial charge is 0.222 e. The van der Waals surface area contributed by atoms with Crippen LogP contribution in [0.1, 0.15) is 12.0 Å². The van der Waals surface area contributed by atoms with Crippen LogP contribution in [0.5, 0.6) is 0 Å². The number of sulfone groups is 1. The van der Waals surface area contributed by atoms with Crippen LogP contribution in [0.15, 0.2) is 58.3 Å². The minimum absolute atomic E-state index is 0.0375. The van der Waals surface area contributed by atoms with Crippen LogP contribution in [0.3, 0.4) is 0 Å². The summed E-state index contributed by atoms with van der Waals surface area (Å²) in [6, 6.07) is 12.9. The Hall–Kier alpha value is -1.86. The standard InChI is InChI=1S/C19H20FNO3S2/c1-25-16-7-2-14(3-8-16)4-11-19(22)21-12-18(13-21)26(23,24)17-9-5-15(20)6-10-17/h2-3,5-10,18H,4,11-13H2,1H3. The van der Waals surface area contributed by atoms with Crippen molar-refractivity contribution in [2.75, 3.05) is 19.3 Å². The molecule has 0 saturated carbocycles. The summed E-state index contributed by atoms with van der Waals surface area (Å²) in [6.45, 7) is 0.397. The number of aryl methyl sites for hydroxylation is 1. The summed E-state index contributed by atoms with van der Waals surface area (Å²) in [4.78, 5) is 15.1. The van der Waals surface area contributed by atoms with Crippen LogP contribution in [-0.4, -0.2) is 43.8 Å². The second-order valence-electron chi connectivity index (χ2n) is 6.27. The SMILES string of the molecule is CSc1ccc(CCC(=O)N2CC(S(=O)(=O)c3ccc(F)cc3)C2)cc1. The van der Waals surface area contributed by atoms with Crippen molar-refractivity contribution < 1.29 is 17.6 Å². The third-order valence-electron chi connectivity index (χ3n) is 4.57. The molecule has 0 bridgehead atoms. The van der Waals surface area contributed by atoms with Gasteiger partial charge in [0.25, 0.3) is 0 Å². The summed E-state index contributed by atoms with van der Waals surface area (Å²) >= 11 is 1.67. The van der Waals surface area contributed by atoms with Crippen LogP contribution in [-0.2, 0) is 21.1 Å². The summed E-state index contributed by atoms with van der Waals surface area (Å²) < 4.78 is 37.9. The first-order valence-corrected chi connectivity index (χ1v) is 11.1. The lowest BCUT2D eigenvalue weighted by atomic mass is 10.1. The van der Waals surface area contributed by atoms with Gasteiger partial charge < -0.3 is 4.90 Å². The summed E-state index contributed by atoms with van der Waals surface area (Å²) in [5.41, 5.74) is 1.09. The van der Waals surface area contributed by atoms with E-state index in [1.807, 2.05) is 30.5 Å². The molecule has 2 aromatic carbocycles. The average Bonchev–Trinajstić information content (AvgIpc) is 2.59. The Bertz CT molecular complexity index is 874. The van der Waals surface area contributed by atoms with Crippen LogP contribution >= 0.6 is 11.8 Å². The molecular formula is C19H20FNO3S2. The van der Waals surface area contributed by atoms with E-state index in [1.54, 1.807) is 16.7 Å². The van der Waals surface area contributed by atoms with Crippen molar-refractivity contribution in [3.8, 4) is 0 Å². The number of halogens is 1. The van der Waals surface area contributed by atoms with Crippen LogP contribution in [0.2, 0.25) is 0 Å². The molecule has 1 amide bonds. The van der Waals surface area contributed by atoms with Gasteiger partial charge in [0, 0.05) is 24.4 Å². The number of thioether (sulfide) groups is 1. The molecule has 0 spiro atoms. The number of amides is 1. The van der Waals surface area contributed by atoms with Crippen molar-refractivity contribution in [2.24, 2.45) is 0 Å². The second-order valence-corrected chi connectivity index (χ2v) is 9.38. The molecule has 1 aliphatic heterocycles. The van der Waals surface area contributed by atoms with Gasteiger partial charge in [-0.1, -0.05) is 12.1 Å². The third-order valence-corrected chi connectivity index (χ3v) is 7.42. The minimum atomic E-state index is -3.52. The van der Waals surface area contributed by atoms with Gasteiger partial charge in [0.05, 0.1) is 4.90 Å². The fraction of sp³-hybridized carbons (Fsp3) is 0.316. The maximum Gasteiger partial charge on any atom is 0.222 e. The molecular weight excluding hydrogens is 373 g/mol. The molecule has 4 nitrogen and oxygen atoms in total. The van der Waals surface area contributed by atoms with Crippen molar-refractivity contribution in [3.63, 3.8) is 0 Å². The molecule has 0 unspecified atom stereocenters. The van der Waals surface area contributed by atoms with E-state index in [0.29, 0.717) is 12.8 Å². The second kappa shape index (κ2) is 7.80. The zero-order valence-electron chi connectivity index (χ0n) is 14.4. The van der Waals surface area contributed by atoms with E-state index in [0.717, 1.165) is 17.7 Å². The van der Waals surface area contributed by atoms with Crippen LogP contribution in [0.25, 0.3) is 0 Å². The molecule has 7 heteroatoms. The summed E-state index contributed by atoms with van der Waals surface area (Å²) in [7, 11) is -3.52. The number of carbonyl (C=O) groups is 1. The first-order valence-electron chi connectivity index (χ1n) is 8.30. The zero-order chi connectivity index (χ0) is 18.7. The third kappa shape index (κ3) is 4.10. The van der Waals surface area contributed by atoms with E-state index in [9.17, 15) is 17.6 Å². The fourth-order valence-corrected chi connectivity index (χ4v) is 4.92. The highest BCUT2D eigenvalue weighted by atomic mass is 32.2. The van der Waals surface area contributed by atoms with Gasteiger partial charge >= 0.3 is 0 Å². The molecule has 0 radical (unpaired) electrons. The monoisotopic (exact) mass is 393 g/mol. The average molecular weight is 394 g/mol. The first-order chi connectivity index (χ1) is 12.4. The number of likely N-dealkylation sites (tertiary alicyclic amines) is 1. The highest BCUT2D eigenvalue weighted by Gasteiger charge is 2.40. The van der Waals surface area contributed by atoms with Crippen molar-refractivity contribution in [3.05, 3.63) is 59.9 Å². The number of benzene rings is 2. The van der Waals surface area contributed by atoms with E-state index < -0.39 is 20.9 Å². The maximum atomic E-state index is 13.0. The summed E-state index contributed by atoms with van der Waals surface area (Å²) in [6.07, 6.45) is 3.01. The van der Waals surface area contributed by atoms with Crippen LogP contribution in [0, 0.1) is 5.82 Å². The van der Waals surface area contributed by atoms with E-state index >= 15 is 0 Å². The van der Waals surface area contributed by atoms with E-state index in [1.165, 1.54) is 17.0 Å². The summed E-state index contributed by atoms with van der Waals surface area (Å²) in [5.74, 6) is -0.510. The molecule has 138 valence electrons. The summed E-state index contributed by atoms with van der Waals surface area (Å²) in [5, 5.41) is -0.613. The highest BCUT2D eigenvalue weighted by molar-refractivity contribution is 7.98.